The Morgan fingerprint density at radius 3 is 2.68 bits per heavy atom. The molecule has 0 bridgehead atoms. The van der Waals surface area contributed by atoms with Crippen LogP contribution in [0.5, 0.6) is 5.75 Å². The Bertz CT molecular complexity index is 632. The van der Waals surface area contributed by atoms with Crippen LogP contribution in [0.4, 0.5) is 0 Å². The van der Waals surface area contributed by atoms with E-state index in [9.17, 15) is 4.79 Å². The molecule has 0 aliphatic heterocycles. The molecule has 1 heterocycles. The number of nitrogens with one attached hydrogen (secondary N) is 1. The molecule has 4 heteroatoms. The summed E-state index contributed by atoms with van der Waals surface area (Å²) >= 11 is 0. The van der Waals surface area contributed by atoms with E-state index in [0.717, 1.165) is 22.6 Å². The van der Waals surface area contributed by atoms with Crippen LogP contribution in [0.15, 0.2) is 29.1 Å². The summed E-state index contributed by atoms with van der Waals surface area (Å²) in [4.78, 5) is 19.2. The van der Waals surface area contributed by atoms with Crippen molar-refractivity contribution in [1.29, 1.82) is 0 Å². The van der Waals surface area contributed by atoms with Crippen LogP contribution in [0, 0.1) is 6.92 Å². The third-order valence-corrected chi connectivity index (χ3v) is 3.18. The van der Waals surface area contributed by atoms with E-state index in [1.165, 1.54) is 0 Å². The molecular weight excluding hydrogens is 240 g/mol. The highest BCUT2D eigenvalue weighted by atomic mass is 16.5. The molecule has 0 saturated heterocycles. The van der Waals surface area contributed by atoms with Gasteiger partial charge in [0.05, 0.1) is 7.11 Å². The SMILES string of the molecule is CCc1c(C)nc(Cc2ccccc2OC)[nH]c1=O. The zero-order valence-electron chi connectivity index (χ0n) is 11.5. The molecule has 19 heavy (non-hydrogen) atoms. The number of rotatable bonds is 4. The molecule has 1 aromatic carbocycles. The number of ether oxygens (including phenoxy) is 1. The number of hydrogen-bond acceptors (Lipinski definition) is 3. The standard InChI is InChI=1S/C15H18N2O2/c1-4-12-10(2)16-14(17-15(12)18)9-11-7-5-6-8-13(11)19-3/h5-8H,4,9H2,1-3H3,(H,16,17,18). The molecule has 4 nitrogen and oxygen atoms in total. The minimum absolute atomic E-state index is 0.0418. The maximum absolute atomic E-state index is 11.9. The molecule has 1 aromatic heterocycles. The second-order valence-corrected chi connectivity index (χ2v) is 4.42. The van der Waals surface area contributed by atoms with Crippen molar-refractivity contribution < 1.29 is 4.74 Å². The summed E-state index contributed by atoms with van der Waals surface area (Å²) in [6, 6.07) is 7.75. The molecule has 0 unspecified atom stereocenters. The molecule has 0 fully saturated rings. The van der Waals surface area contributed by atoms with Crippen molar-refractivity contribution in [3.63, 3.8) is 0 Å². The van der Waals surface area contributed by atoms with Crippen molar-refractivity contribution in [1.82, 2.24) is 9.97 Å². The number of aryl methyl sites for hydroxylation is 1. The Balaban J connectivity index is 2.36. The first-order valence-electron chi connectivity index (χ1n) is 6.36. The molecule has 0 spiro atoms. The summed E-state index contributed by atoms with van der Waals surface area (Å²) in [7, 11) is 1.64. The van der Waals surface area contributed by atoms with Crippen molar-refractivity contribution in [3.8, 4) is 5.75 Å². The lowest BCUT2D eigenvalue weighted by molar-refractivity contribution is 0.410. The van der Waals surface area contributed by atoms with Crippen LogP contribution in [0.1, 0.15) is 29.6 Å². The second kappa shape index (κ2) is 5.69. The number of hydrogen-bond donors (Lipinski definition) is 1. The average Bonchev–Trinajstić information content (AvgIpc) is 2.39. The van der Waals surface area contributed by atoms with Gasteiger partial charge < -0.3 is 9.72 Å². The topological polar surface area (TPSA) is 55.0 Å². The van der Waals surface area contributed by atoms with Gasteiger partial charge in [0.1, 0.15) is 11.6 Å². The van der Waals surface area contributed by atoms with E-state index in [1.54, 1.807) is 7.11 Å². The molecule has 2 rings (SSSR count). The molecule has 0 aliphatic rings. The summed E-state index contributed by atoms with van der Waals surface area (Å²) in [6.07, 6.45) is 1.26. The number of para-hydroxylation sites is 1. The first-order chi connectivity index (χ1) is 9.15. The first-order valence-corrected chi connectivity index (χ1v) is 6.36. The van der Waals surface area contributed by atoms with E-state index in [4.69, 9.17) is 4.74 Å². The summed E-state index contributed by atoms with van der Waals surface area (Å²) < 4.78 is 5.30. The van der Waals surface area contributed by atoms with E-state index < -0.39 is 0 Å². The van der Waals surface area contributed by atoms with Crippen molar-refractivity contribution in [2.75, 3.05) is 7.11 Å². The number of methoxy groups -OCH3 is 1. The van der Waals surface area contributed by atoms with Gasteiger partial charge in [-0.2, -0.15) is 0 Å². The van der Waals surface area contributed by atoms with Gasteiger partial charge in [0.2, 0.25) is 0 Å². The highest BCUT2D eigenvalue weighted by Crippen LogP contribution is 2.19. The molecule has 2 aromatic rings. The third-order valence-electron chi connectivity index (χ3n) is 3.18. The maximum Gasteiger partial charge on any atom is 0.254 e. The van der Waals surface area contributed by atoms with E-state index in [0.29, 0.717) is 18.7 Å². The molecule has 1 N–H and O–H groups in total. The number of aromatic nitrogens is 2. The average molecular weight is 258 g/mol. The van der Waals surface area contributed by atoms with Crippen LogP contribution in [0.25, 0.3) is 0 Å². The first kappa shape index (κ1) is 13.3. The Labute approximate surface area is 112 Å². The Morgan fingerprint density at radius 2 is 2.05 bits per heavy atom. The van der Waals surface area contributed by atoms with Crippen LogP contribution in [0.3, 0.4) is 0 Å². The zero-order valence-corrected chi connectivity index (χ0v) is 11.5. The van der Waals surface area contributed by atoms with Crippen LogP contribution < -0.4 is 10.3 Å². The molecule has 0 atom stereocenters. The normalized spacial score (nSPS) is 10.5. The van der Waals surface area contributed by atoms with Gasteiger partial charge in [0, 0.05) is 23.2 Å². The zero-order chi connectivity index (χ0) is 13.8. The van der Waals surface area contributed by atoms with Gasteiger partial charge in [0.15, 0.2) is 0 Å². The van der Waals surface area contributed by atoms with Crippen molar-refractivity contribution in [2.45, 2.75) is 26.7 Å². The molecule has 100 valence electrons. The fraction of sp³-hybridized carbons (Fsp3) is 0.333. The monoisotopic (exact) mass is 258 g/mol. The number of aromatic amines is 1. The van der Waals surface area contributed by atoms with E-state index >= 15 is 0 Å². The molecule has 0 saturated carbocycles. The lowest BCUT2D eigenvalue weighted by Gasteiger charge is -2.09. The fourth-order valence-corrected chi connectivity index (χ4v) is 2.20. The summed E-state index contributed by atoms with van der Waals surface area (Å²) in [6.45, 7) is 3.83. The van der Waals surface area contributed by atoms with Gasteiger partial charge in [-0.25, -0.2) is 4.98 Å². The highest BCUT2D eigenvalue weighted by Gasteiger charge is 2.09. The van der Waals surface area contributed by atoms with Crippen LogP contribution in [-0.4, -0.2) is 17.1 Å². The molecule has 0 amide bonds. The molecule has 0 aliphatic carbocycles. The Morgan fingerprint density at radius 1 is 1.32 bits per heavy atom. The maximum atomic E-state index is 11.9. The Kier molecular flexibility index (Phi) is 4.00. The quantitative estimate of drug-likeness (QED) is 0.915. The van der Waals surface area contributed by atoms with Crippen LogP contribution >= 0.6 is 0 Å². The molecular formula is C15H18N2O2. The smallest absolute Gasteiger partial charge is 0.254 e. The van der Waals surface area contributed by atoms with Gasteiger partial charge >= 0.3 is 0 Å². The van der Waals surface area contributed by atoms with Gasteiger partial charge in [-0.15, -0.1) is 0 Å². The fourth-order valence-electron chi connectivity index (χ4n) is 2.20. The Hall–Kier alpha value is -2.10. The van der Waals surface area contributed by atoms with Crippen LogP contribution in [0.2, 0.25) is 0 Å². The second-order valence-electron chi connectivity index (χ2n) is 4.42. The van der Waals surface area contributed by atoms with E-state index in [-0.39, 0.29) is 5.56 Å². The van der Waals surface area contributed by atoms with Crippen molar-refractivity contribution >= 4 is 0 Å². The number of H-pyrrole nitrogens is 1. The van der Waals surface area contributed by atoms with E-state index in [1.807, 2.05) is 38.1 Å². The van der Waals surface area contributed by atoms with Gasteiger partial charge in [-0.3, -0.25) is 4.79 Å². The predicted octanol–water partition coefficient (Wildman–Crippen LogP) is 2.24. The van der Waals surface area contributed by atoms with E-state index in [2.05, 4.69) is 9.97 Å². The van der Waals surface area contributed by atoms with Gasteiger partial charge in [0.25, 0.3) is 5.56 Å². The third kappa shape index (κ3) is 2.84. The summed E-state index contributed by atoms with van der Waals surface area (Å²) in [5.41, 5.74) is 2.52. The van der Waals surface area contributed by atoms with Gasteiger partial charge in [-0.1, -0.05) is 25.1 Å². The van der Waals surface area contributed by atoms with Gasteiger partial charge in [-0.05, 0) is 19.4 Å². The van der Waals surface area contributed by atoms with Crippen molar-refractivity contribution in [2.24, 2.45) is 0 Å². The lowest BCUT2D eigenvalue weighted by Crippen LogP contribution is -2.18. The van der Waals surface area contributed by atoms with Crippen LogP contribution in [-0.2, 0) is 12.8 Å². The summed E-state index contributed by atoms with van der Waals surface area (Å²) in [5.74, 6) is 1.48. The summed E-state index contributed by atoms with van der Waals surface area (Å²) in [5, 5.41) is 0. The molecule has 0 radical (unpaired) electrons. The van der Waals surface area contributed by atoms with Crippen molar-refractivity contribution in [3.05, 3.63) is 57.3 Å². The number of nitrogens with zero attached hydrogens (tertiary/aromatic N) is 1. The lowest BCUT2D eigenvalue weighted by atomic mass is 10.1. The predicted molar refractivity (Wildman–Crippen MR) is 74.8 cm³/mol. The minimum Gasteiger partial charge on any atom is -0.496 e. The number of benzene rings is 1. The highest BCUT2D eigenvalue weighted by molar-refractivity contribution is 5.35. The minimum atomic E-state index is -0.0418. The largest absolute Gasteiger partial charge is 0.496 e.